The number of para-hydroxylation sites is 1. The van der Waals surface area contributed by atoms with E-state index in [2.05, 4.69) is 95.1 Å². The number of hydrogen-bond acceptors (Lipinski definition) is 8. The van der Waals surface area contributed by atoms with Crippen LogP contribution in [0, 0.1) is 24.8 Å². The summed E-state index contributed by atoms with van der Waals surface area (Å²) in [5.41, 5.74) is 3.72. The maximum Gasteiger partial charge on any atom is 0.344 e. The fourth-order valence-electron chi connectivity index (χ4n) is 12.8. The Hall–Kier alpha value is -4.43. The second kappa shape index (κ2) is 12.5. The quantitative estimate of drug-likeness (QED) is 0.192. The highest BCUT2D eigenvalue weighted by molar-refractivity contribution is 5.88. The van der Waals surface area contributed by atoms with Crippen LogP contribution in [0.15, 0.2) is 60.2 Å². The summed E-state index contributed by atoms with van der Waals surface area (Å²) in [6, 6.07) is 12.0. The van der Waals surface area contributed by atoms with Crippen molar-refractivity contribution in [3.8, 4) is 0 Å². The van der Waals surface area contributed by atoms with Crippen LogP contribution in [-0.4, -0.2) is 102 Å². The molecule has 288 valence electrons. The minimum absolute atomic E-state index is 0.179. The van der Waals surface area contributed by atoms with Gasteiger partial charge in [-0.05, 0) is 80.0 Å². The molecular formula is C45H53N5O5. The number of aromatic nitrogens is 1. The number of rotatable bonds is 5. The summed E-state index contributed by atoms with van der Waals surface area (Å²) in [6.45, 7) is 21.3. The Balaban J connectivity index is 1.33. The maximum atomic E-state index is 14.3. The SMILES string of the molecule is [C-]#[N+][C@]1(c2cc3c(cc2C)N(C)C2[C@]34CCN3CC=C[C@@](CC)([C@@H](OC(C)=O)[C@]2(O)C(=O)OC)[C@H]34)C[C@@H]2C=C(CC)CN(CCc3c1[nH]c1ccccc31)C2. The van der Waals surface area contributed by atoms with E-state index < -0.39 is 46.1 Å². The smallest absolute Gasteiger partial charge is 0.344 e. The van der Waals surface area contributed by atoms with Crippen LogP contribution >= 0.6 is 0 Å². The molecule has 2 aromatic carbocycles. The van der Waals surface area contributed by atoms with Gasteiger partial charge in [0.2, 0.25) is 5.60 Å². The minimum atomic E-state index is -2.20. The molecule has 9 atom stereocenters. The zero-order valence-electron chi connectivity index (χ0n) is 32.9. The van der Waals surface area contributed by atoms with Crippen LogP contribution in [0.5, 0.6) is 0 Å². The molecule has 10 nitrogen and oxygen atoms in total. The Morgan fingerprint density at radius 2 is 1.93 bits per heavy atom. The summed E-state index contributed by atoms with van der Waals surface area (Å²) in [7, 11) is 3.24. The zero-order valence-corrected chi connectivity index (χ0v) is 32.9. The molecular weight excluding hydrogens is 691 g/mol. The molecule has 10 heteroatoms. The Morgan fingerprint density at radius 3 is 2.65 bits per heavy atom. The molecule has 2 unspecified atom stereocenters. The first-order chi connectivity index (χ1) is 26.4. The Labute approximate surface area is 324 Å². The molecule has 1 spiro atoms. The second-order valence-electron chi connectivity index (χ2n) is 17.2. The molecule has 0 radical (unpaired) electrons. The number of H-pyrrole nitrogens is 1. The Bertz CT molecular complexity index is 2220. The van der Waals surface area contributed by atoms with Crippen molar-refractivity contribution in [3.63, 3.8) is 0 Å². The van der Waals surface area contributed by atoms with Gasteiger partial charge in [0.25, 0.3) is 5.54 Å². The number of aryl methyl sites for hydroxylation is 1. The van der Waals surface area contributed by atoms with Crippen molar-refractivity contribution in [1.29, 1.82) is 0 Å². The molecule has 2 bridgehead atoms. The van der Waals surface area contributed by atoms with Gasteiger partial charge in [-0.3, -0.25) is 19.4 Å². The standard InChI is InChI=1S/C45H53N5O5/c1-8-29-22-30-24-44(46-5,37-32(15-19-49(25-29)26-30)31-13-10-11-14-35(31)47-37)33-23-34-36(21-27(33)3)48(6)39-43(34)17-20-50-18-12-16-42(9-2,38(43)50)40(55-28(4)51)45(39,53)41(52)54-7/h10-14,16,21-23,30,38-40,47,53H,8-9,15,17-20,24-26H2,1-4,6-7H3/t30-,38-,39?,40+,42+,43+,44-,45-/m0/s1. The topological polar surface area (TPSA) is 103 Å². The number of benzene rings is 2. The van der Waals surface area contributed by atoms with E-state index in [1.54, 1.807) is 0 Å². The number of hydrogen-bond donors (Lipinski definition) is 2. The second-order valence-corrected chi connectivity index (χ2v) is 17.2. The molecule has 1 saturated heterocycles. The van der Waals surface area contributed by atoms with E-state index in [4.69, 9.17) is 14.3 Å². The molecule has 1 aliphatic carbocycles. The summed E-state index contributed by atoms with van der Waals surface area (Å²) in [5, 5.41) is 14.4. The highest BCUT2D eigenvalue weighted by atomic mass is 16.6. The molecule has 3 aromatic rings. The largest absolute Gasteiger partial charge is 0.467 e. The van der Waals surface area contributed by atoms with Gasteiger partial charge in [0, 0.05) is 85.6 Å². The first kappa shape index (κ1) is 36.2. The van der Waals surface area contributed by atoms with Gasteiger partial charge in [-0.25, -0.2) is 11.4 Å². The van der Waals surface area contributed by atoms with Crippen molar-refractivity contribution in [2.75, 3.05) is 51.8 Å². The van der Waals surface area contributed by atoms with Crippen LogP contribution in [0.1, 0.15) is 74.4 Å². The van der Waals surface area contributed by atoms with Gasteiger partial charge < -0.3 is 24.5 Å². The number of ether oxygens (including phenoxy) is 2. The minimum Gasteiger partial charge on any atom is -0.467 e. The normalized spacial score (nSPS) is 36.0. The van der Waals surface area contributed by atoms with Crippen LogP contribution in [0.25, 0.3) is 15.7 Å². The van der Waals surface area contributed by atoms with E-state index in [-0.39, 0.29) is 12.0 Å². The van der Waals surface area contributed by atoms with Crippen LogP contribution in [0.2, 0.25) is 0 Å². The number of nitrogens with one attached hydrogen (secondary N) is 1. The molecule has 2 N–H and O–H groups in total. The van der Waals surface area contributed by atoms with E-state index in [9.17, 15) is 21.3 Å². The third kappa shape index (κ3) is 4.63. The number of methoxy groups -OCH3 is 1. The number of fused-ring (bicyclic) bond motifs is 6. The van der Waals surface area contributed by atoms with Crippen LogP contribution in [0.3, 0.4) is 0 Å². The highest BCUT2D eigenvalue weighted by Gasteiger charge is 2.80. The lowest BCUT2D eigenvalue weighted by atomic mass is 9.47. The summed E-state index contributed by atoms with van der Waals surface area (Å²) >= 11 is 0. The summed E-state index contributed by atoms with van der Waals surface area (Å²) in [6.07, 6.45) is 9.13. The van der Waals surface area contributed by atoms with Gasteiger partial charge >= 0.3 is 11.9 Å². The lowest BCUT2D eigenvalue weighted by Gasteiger charge is -2.63. The van der Waals surface area contributed by atoms with Gasteiger partial charge in [0.05, 0.1) is 13.2 Å². The molecule has 1 saturated carbocycles. The van der Waals surface area contributed by atoms with Crippen molar-refractivity contribution in [3.05, 3.63) is 99.6 Å². The fraction of sp³-hybridized carbons (Fsp3) is 0.533. The first-order valence-corrected chi connectivity index (χ1v) is 20.1. The van der Waals surface area contributed by atoms with Crippen molar-refractivity contribution in [1.82, 2.24) is 14.8 Å². The third-order valence-electron chi connectivity index (χ3n) is 14.7. The van der Waals surface area contributed by atoms with Crippen LogP contribution < -0.4 is 4.90 Å². The van der Waals surface area contributed by atoms with E-state index >= 15 is 0 Å². The number of aliphatic hydroxyl groups is 1. The number of nitrogens with zero attached hydrogens (tertiary/aromatic N) is 4. The van der Waals surface area contributed by atoms with Gasteiger partial charge in [0.15, 0.2) is 6.10 Å². The first-order valence-electron chi connectivity index (χ1n) is 20.1. The molecule has 6 heterocycles. The van der Waals surface area contributed by atoms with Gasteiger partial charge in [-0.1, -0.05) is 55.8 Å². The predicted octanol–water partition coefficient (Wildman–Crippen LogP) is 5.80. The third-order valence-corrected chi connectivity index (χ3v) is 14.7. The molecule has 2 fully saturated rings. The van der Waals surface area contributed by atoms with E-state index in [1.807, 2.05) is 7.05 Å². The monoisotopic (exact) mass is 743 g/mol. The number of carbonyl (C=O) groups excluding carboxylic acids is 2. The summed E-state index contributed by atoms with van der Waals surface area (Å²) in [4.78, 5) is 42.9. The molecule has 6 aliphatic rings. The molecule has 55 heavy (non-hydrogen) atoms. The van der Waals surface area contributed by atoms with Crippen LogP contribution in [-0.2, 0) is 36.4 Å². The Morgan fingerprint density at radius 1 is 1.13 bits per heavy atom. The number of likely N-dealkylation sites (N-methyl/N-ethyl adjacent to an activating group) is 1. The number of anilines is 1. The molecule has 5 aliphatic heterocycles. The van der Waals surface area contributed by atoms with Crippen LogP contribution in [0.4, 0.5) is 5.69 Å². The fourth-order valence-corrected chi connectivity index (χ4v) is 12.8. The van der Waals surface area contributed by atoms with Crippen molar-refractivity contribution < 1.29 is 24.2 Å². The maximum absolute atomic E-state index is 14.3. The van der Waals surface area contributed by atoms with E-state index in [0.717, 1.165) is 79.2 Å². The lowest BCUT2D eigenvalue weighted by Crippen LogP contribution is -2.81. The van der Waals surface area contributed by atoms with E-state index in [0.29, 0.717) is 19.3 Å². The molecule has 9 rings (SSSR count). The number of esters is 2. The number of carbonyl (C=O) groups is 2. The average Bonchev–Trinajstić information content (AvgIpc) is 3.84. The van der Waals surface area contributed by atoms with Crippen molar-refractivity contribution in [2.24, 2.45) is 11.3 Å². The number of aromatic amines is 1. The lowest BCUT2D eigenvalue weighted by molar-refractivity contribution is -0.228. The molecule has 0 amide bonds. The van der Waals surface area contributed by atoms with Crippen molar-refractivity contribution >= 4 is 28.5 Å². The van der Waals surface area contributed by atoms with Crippen molar-refractivity contribution in [2.45, 2.75) is 94.5 Å². The highest BCUT2D eigenvalue weighted by Crippen LogP contribution is 2.68. The summed E-state index contributed by atoms with van der Waals surface area (Å²) < 4.78 is 11.6. The Kier molecular flexibility index (Phi) is 8.26. The van der Waals surface area contributed by atoms with Gasteiger partial charge in [0.1, 0.15) is 5.69 Å². The molecule has 1 aromatic heterocycles. The summed E-state index contributed by atoms with van der Waals surface area (Å²) in [5.74, 6) is -1.18. The van der Waals surface area contributed by atoms with Gasteiger partial charge in [-0.15, -0.1) is 0 Å². The van der Waals surface area contributed by atoms with Gasteiger partial charge in [-0.2, -0.15) is 0 Å². The predicted molar refractivity (Wildman–Crippen MR) is 212 cm³/mol. The zero-order chi connectivity index (χ0) is 38.7. The average molecular weight is 744 g/mol. The van der Waals surface area contributed by atoms with E-state index in [1.165, 1.54) is 30.6 Å².